The standard InChI is InChI=1S/C16H28N4O2/c1-13(2)20-12-14(11-17-20)18-16(21)19-9-5-4-7-15(19)8-6-10-22-3/h11-13,15H,4-10H2,1-3H3,(H,18,21)/t15-/m1/s1. The van der Waals surface area contributed by atoms with Crippen LogP contribution in [0.5, 0.6) is 0 Å². The van der Waals surface area contributed by atoms with E-state index in [2.05, 4.69) is 24.3 Å². The van der Waals surface area contributed by atoms with Crippen LogP contribution in [0.3, 0.4) is 0 Å². The van der Waals surface area contributed by atoms with E-state index in [1.54, 1.807) is 13.3 Å². The van der Waals surface area contributed by atoms with Crippen molar-refractivity contribution in [2.75, 3.05) is 25.6 Å². The molecule has 0 spiro atoms. The molecule has 1 atom stereocenters. The molecule has 6 heteroatoms. The molecule has 22 heavy (non-hydrogen) atoms. The van der Waals surface area contributed by atoms with Gasteiger partial charge in [-0.3, -0.25) is 4.68 Å². The van der Waals surface area contributed by atoms with Crippen molar-refractivity contribution in [2.45, 2.75) is 58.0 Å². The predicted octanol–water partition coefficient (Wildman–Crippen LogP) is 3.28. The summed E-state index contributed by atoms with van der Waals surface area (Å²) >= 11 is 0. The molecule has 1 aliphatic heterocycles. The fourth-order valence-electron chi connectivity index (χ4n) is 2.91. The lowest BCUT2D eigenvalue weighted by Gasteiger charge is -2.35. The monoisotopic (exact) mass is 308 g/mol. The first-order chi connectivity index (χ1) is 10.6. The average Bonchev–Trinajstić information content (AvgIpc) is 2.97. The Morgan fingerprint density at radius 3 is 3.00 bits per heavy atom. The van der Waals surface area contributed by atoms with Crippen LogP contribution in [0.4, 0.5) is 10.5 Å². The number of hydrogen-bond donors (Lipinski definition) is 1. The Hall–Kier alpha value is -1.56. The van der Waals surface area contributed by atoms with Crippen LogP contribution < -0.4 is 5.32 Å². The van der Waals surface area contributed by atoms with Crippen molar-refractivity contribution >= 4 is 11.7 Å². The minimum absolute atomic E-state index is 0.00887. The molecule has 0 aliphatic carbocycles. The van der Waals surface area contributed by atoms with Gasteiger partial charge in [-0.1, -0.05) is 0 Å². The number of urea groups is 1. The number of aromatic nitrogens is 2. The summed E-state index contributed by atoms with van der Waals surface area (Å²) in [6, 6.07) is 0.608. The molecule has 124 valence electrons. The summed E-state index contributed by atoms with van der Waals surface area (Å²) in [6.07, 6.45) is 8.96. The molecule has 2 amide bonds. The normalized spacial score (nSPS) is 18.7. The van der Waals surface area contributed by atoms with Crippen molar-refractivity contribution in [3.05, 3.63) is 12.4 Å². The van der Waals surface area contributed by atoms with E-state index in [-0.39, 0.29) is 6.03 Å². The fraction of sp³-hybridized carbons (Fsp3) is 0.750. The maximum atomic E-state index is 12.5. The van der Waals surface area contributed by atoms with E-state index in [9.17, 15) is 4.79 Å². The van der Waals surface area contributed by atoms with Crippen LogP contribution in [-0.4, -0.2) is 47.0 Å². The van der Waals surface area contributed by atoms with Crippen molar-refractivity contribution in [1.29, 1.82) is 0 Å². The van der Waals surface area contributed by atoms with Crippen LogP contribution in [0.2, 0.25) is 0 Å². The van der Waals surface area contributed by atoms with E-state index < -0.39 is 0 Å². The highest BCUT2D eigenvalue weighted by Gasteiger charge is 2.26. The third-order valence-corrected chi connectivity index (χ3v) is 4.16. The summed E-state index contributed by atoms with van der Waals surface area (Å²) in [5.74, 6) is 0. The highest BCUT2D eigenvalue weighted by molar-refractivity contribution is 5.89. The van der Waals surface area contributed by atoms with Crippen molar-refractivity contribution < 1.29 is 9.53 Å². The SMILES string of the molecule is COCCC[C@H]1CCCCN1C(=O)Nc1cnn(C(C)C)c1. The van der Waals surface area contributed by atoms with Gasteiger partial charge in [0.1, 0.15) is 0 Å². The molecule has 0 unspecified atom stereocenters. The molecule has 0 aromatic carbocycles. The lowest BCUT2D eigenvalue weighted by molar-refractivity contribution is 0.141. The molecule has 1 aliphatic rings. The highest BCUT2D eigenvalue weighted by atomic mass is 16.5. The van der Waals surface area contributed by atoms with Gasteiger partial charge in [-0.15, -0.1) is 0 Å². The van der Waals surface area contributed by atoms with Crippen LogP contribution in [0, 0.1) is 0 Å². The average molecular weight is 308 g/mol. The van der Waals surface area contributed by atoms with Gasteiger partial charge >= 0.3 is 6.03 Å². The van der Waals surface area contributed by atoms with Crippen LogP contribution in [0.15, 0.2) is 12.4 Å². The Balaban J connectivity index is 1.92. The number of methoxy groups -OCH3 is 1. The van der Waals surface area contributed by atoms with Gasteiger partial charge in [0.05, 0.1) is 11.9 Å². The van der Waals surface area contributed by atoms with Crippen molar-refractivity contribution in [1.82, 2.24) is 14.7 Å². The maximum absolute atomic E-state index is 12.5. The van der Waals surface area contributed by atoms with Crippen LogP contribution >= 0.6 is 0 Å². The number of anilines is 1. The third-order valence-electron chi connectivity index (χ3n) is 4.16. The number of amides is 2. The zero-order valence-electron chi connectivity index (χ0n) is 13.9. The van der Waals surface area contributed by atoms with E-state index in [0.29, 0.717) is 12.1 Å². The van der Waals surface area contributed by atoms with E-state index in [0.717, 1.165) is 44.5 Å². The van der Waals surface area contributed by atoms with Gasteiger partial charge in [0.15, 0.2) is 0 Å². The van der Waals surface area contributed by atoms with Crippen LogP contribution in [0.1, 0.15) is 52.0 Å². The zero-order valence-corrected chi connectivity index (χ0v) is 13.9. The Morgan fingerprint density at radius 1 is 1.50 bits per heavy atom. The summed E-state index contributed by atoms with van der Waals surface area (Å²) in [6.45, 7) is 5.72. The molecule has 1 aromatic heterocycles. The largest absolute Gasteiger partial charge is 0.385 e. The minimum Gasteiger partial charge on any atom is -0.385 e. The van der Waals surface area contributed by atoms with E-state index in [4.69, 9.17) is 4.74 Å². The minimum atomic E-state index is -0.00887. The van der Waals surface area contributed by atoms with Gasteiger partial charge in [0, 0.05) is 38.5 Å². The molecule has 1 fully saturated rings. The zero-order chi connectivity index (χ0) is 15.9. The van der Waals surface area contributed by atoms with Crippen molar-refractivity contribution in [3.63, 3.8) is 0 Å². The second-order valence-electron chi connectivity index (χ2n) is 6.21. The third kappa shape index (κ3) is 4.47. The molecule has 6 nitrogen and oxygen atoms in total. The summed E-state index contributed by atoms with van der Waals surface area (Å²) in [4.78, 5) is 14.5. The van der Waals surface area contributed by atoms with Crippen molar-refractivity contribution in [2.24, 2.45) is 0 Å². The molecule has 0 bridgehead atoms. The van der Waals surface area contributed by atoms with E-state index >= 15 is 0 Å². The Kier molecular flexibility index (Phi) is 6.24. The molecule has 1 saturated heterocycles. The lowest BCUT2D eigenvalue weighted by atomic mass is 9.98. The van der Waals surface area contributed by atoms with Crippen LogP contribution in [0.25, 0.3) is 0 Å². The lowest BCUT2D eigenvalue weighted by Crippen LogP contribution is -2.45. The number of hydrogen-bond acceptors (Lipinski definition) is 3. The molecule has 0 radical (unpaired) electrons. The fourth-order valence-corrected chi connectivity index (χ4v) is 2.91. The number of rotatable bonds is 6. The number of carbonyl (C=O) groups is 1. The molecule has 1 N–H and O–H groups in total. The van der Waals surface area contributed by atoms with Gasteiger partial charge in [0.25, 0.3) is 0 Å². The first-order valence-electron chi connectivity index (χ1n) is 8.22. The maximum Gasteiger partial charge on any atom is 0.322 e. The molecule has 1 aromatic rings. The topological polar surface area (TPSA) is 59.4 Å². The molecule has 0 saturated carbocycles. The summed E-state index contributed by atoms with van der Waals surface area (Å²) in [5, 5.41) is 7.24. The molecule has 2 rings (SSSR count). The number of nitrogens with one attached hydrogen (secondary N) is 1. The van der Waals surface area contributed by atoms with Gasteiger partial charge in [0.2, 0.25) is 0 Å². The Bertz CT molecular complexity index is 472. The van der Waals surface area contributed by atoms with Gasteiger partial charge < -0.3 is 15.0 Å². The first kappa shape index (κ1) is 16.8. The summed E-state index contributed by atoms with van der Waals surface area (Å²) in [5.41, 5.74) is 0.764. The van der Waals surface area contributed by atoms with Gasteiger partial charge in [-0.25, -0.2) is 4.79 Å². The summed E-state index contributed by atoms with van der Waals surface area (Å²) in [7, 11) is 1.72. The molecular weight excluding hydrogens is 280 g/mol. The number of carbonyl (C=O) groups excluding carboxylic acids is 1. The highest BCUT2D eigenvalue weighted by Crippen LogP contribution is 2.22. The second-order valence-corrected chi connectivity index (χ2v) is 6.21. The number of ether oxygens (including phenoxy) is 1. The van der Waals surface area contributed by atoms with Gasteiger partial charge in [-0.2, -0.15) is 5.10 Å². The van der Waals surface area contributed by atoms with E-state index in [1.165, 1.54) is 6.42 Å². The number of likely N-dealkylation sites (tertiary alicyclic amines) is 1. The number of nitrogens with zero attached hydrogens (tertiary/aromatic N) is 3. The van der Waals surface area contributed by atoms with Crippen LogP contribution in [-0.2, 0) is 4.74 Å². The molecular formula is C16H28N4O2. The van der Waals surface area contributed by atoms with Crippen molar-refractivity contribution in [3.8, 4) is 0 Å². The Morgan fingerprint density at radius 2 is 2.32 bits per heavy atom. The van der Waals surface area contributed by atoms with Gasteiger partial charge in [-0.05, 0) is 46.0 Å². The van der Waals surface area contributed by atoms with E-state index in [1.807, 2.05) is 15.8 Å². The predicted molar refractivity (Wildman–Crippen MR) is 87.1 cm³/mol. The number of piperidine rings is 1. The smallest absolute Gasteiger partial charge is 0.322 e. The summed E-state index contributed by atoms with van der Waals surface area (Å²) < 4.78 is 6.97. The Labute approximate surface area is 132 Å². The first-order valence-corrected chi connectivity index (χ1v) is 8.22. The quantitative estimate of drug-likeness (QED) is 0.820. The molecule has 2 heterocycles. The second kappa shape index (κ2) is 8.17.